The lowest BCUT2D eigenvalue weighted by Gasteiger charge is -2.40. The minimum Gasteiger partial charge on any atom is -0.338 e. The second-order valence-corrected chi connectivity index (χ2v) is 13.6. The van der Waals surface area contributed by atoms with Crippen LogP contribution >= 0.6 is 11.8 Å². The summed E-state index contributed by atoms with van der Waals surface area (Å²) in [6.45, 7) is 12.7. The molecule has 2 aromatic heterocycles. The number of benzene rings is 3. The molecule has 1 saturated heterocycles. The number of thioether (sulfide) groups is 1. The van der Waals surface area contributed by atoms with E-state index in [-0.39, 0.29) is 29.0 Å². The highest BCUT2D eigenvalue weighted by Crippen LogP contribution is 2.29. The van der Waals surface area contributed by atoms with E-state index in [0.29, 0.717) is 36.9 Å². The van der Waals surface area contributed by atoms with Crippen molar-refractivity contribution in [2.75, 3.05) is 25.4 Å². The Morgan fingerprint density at radius 1 is 0.955 bits per heavy atom. The van der Waals surface area contributed by atoms with Gasteiger partial charge in [0.1, 0.15) is 5.52 Å². The summed E-state index contributed by atoms with van der Waals surface area (Å²) < 4.78 is 2.18. The summed E-state index contributed by atoms with van der Waals surface area (Å²) in [4.78, 5) is 35.1. The van der Waals surface area contributed by atoms with Crippen molar-refractivity contribution in [2.24, 2.45) is 0 Å². The molecule has 3 aromatic carbocycles. The van der Waals surface area contributed by atoms with Gasteiger partial charge in [-0.1, -0.05) is 86.6 Å². The molecular weight excluding hydrogens is 568 g/mol. The Labute approximate surface area is 262 Å². The van der Waals surface area contributed by atoms with Crippen LogP contribution in [-0.4, -0.2) is 72.8 Å². The summed E-state index contributed by atoms with van der Waals surface area (Å²) in [5.74, 6) is 0.223. The molecule has 0 bridgehead atoms. The number of amides is 2. The Hall–Kier alpha value is -4.24. The van der Waals surface area contributed by atoms with Crippen LogP contribution in [0.25, 0.3) is 22.1 Å². The van der Waals surface area contributed by atoms with Crippen LogP contribution < -0.4 is 0 Å². The van der Waals surface area contributed by atoms with Gasteiger partial charge in [0.2, 0.25) is 11.1 Å². The lowest BCUT2D eigenvalue weighted by Crippen LogP contribution is -2.55. The van der Waals surface area contributed by atoms with Gasteiger partial charge in [0.05, 0.1) is 11.3 Å². The Kier molecular flexibility index (Phi) is 8.16. The molecule has 0 N–H and O–H groups in total. The molecule has 8 nitrogen and oxygen atoms in total. The number of hydrogen-bond donors (Lipinski definition) is 0. The molecule has 0 aliphatic carbocycles. The molecule has 44 heavy (non-hydrogen) atoms. The lowest BCUT2D eigenvalue weighted by atomic mass is 9.86. The van der Waals surface area contributed by atoms with Crippen LogP contribution in [0.1, 0.15) is 54.7 Å². The van der Waals surface area contributed by atoms with E-state index < -0.39 is 0 Å². The summed E-state index contributed by atoms with van der Waals surface area (Å²) in [6.07, 6.45) is 0. The first-order chi connectivity index (χ1) is 21.1. The molecule has 1 unspecified atom stereocenters. The van der Waals surface area contributed by atoms with E-state index in [1.54, 1.807) is 0 Å². The number of carbonyl (C=O) groups excluding carboxylic acids is 2. The monoisotopic (exact) mass is 606 g/mol. The molecular formula is C35H38N6O2S. The normalized spacial score (nSPS) is 15.7. The Bertz CT molecular complexity index is 1830. The van der Waals surface area contributed by atoms with Crippen molar-refractivity contribution in [1.29, 1.82) is 0 Å². The Morgan fingerprint density at radius 2 is 1.70 bits per heavy atom. The third kappa shape index (κ3) is 6.06. The van der Waals surface area contributed by atoms with Crippen molar-refractivity contribution >= 4 is 45.6 Å². The maximum Gasteiger partial charge on any atom is 0.254 e. The number of nitrogens with zero attached hydrogens (tertiary/aromatic N) is 6. The summed E-state index contributed by atoms with van der Waals surface area (Å²) in [7, 11) is 0. The number of fused-ring (bicyclic) bond motifs is 3. The van der Waals surface area contributed by atoms with Crippen molar-refractivity contribution in [1.82, 2.24) is 29.5 Å². The fourth-order valence-corrected chi connectivity index (χ4v) is 6.51. The zero-order valence-corrected chi connectivity index (χ0v) is 26.8. The highest BCUT2D eigenvalue weighted by atomic mass is 32.2. The molecule has 1 aliphatic rings. The van der Waals surface area contributed by atoms with Gasteiger partial charge in [-0.3, -0.25) is 9.59 Å². The van der Waals surface area contributed by atoms with Gasteiger partial charge in [-0.2, -0.15) is 0 Å². The third-order valence-electron chi connectivity index (χ3n) is 8.35. The third-order valence-corrected chi connectivity index (χ3v) is 9.17. The molecule has 0 saturated carbocycles. The smallest absolute Gasteiger partial charge is 0.254 e. The molecule has 0 radical (unpaired) electrons. The molecule has 5 aromatic rings. The second-order valence-electron chi connectivity index (χ2n) is 12.7. The minimum atomic E-state index is -0.0843. The van der Waals surface area contributed by atoms with Gasteiger partial charge in [-0.15, -0.1) is 10.2 Å². The van der Waals surface area contributed by atoms with Crippen LogP contribution in [0.15, 0.2) is 78.0 Å². The summed E-state index contributed by atoms with van der Waals surface area (Å²) in [6, 6.07) is 24.4. The Balaban J connectivity index is 1.13. The van der Waals surface area contributed by atoms with Crippen LogP contribution in [0, 0.1) is 6.92 Å². The van der Waals surface area contributed by atoms with E-state index in [0.717, 1.165) is 27.6 Å². The van der Waals surface area contributed by atoms with Gasteiger partial charge in [-0.05, 0) is 54.7 Å². The van der Waals surface area contributed by atoms with Crippen LogP contribution in [0.4, 0.5) is 0 Å². The zero-order valence-electron chi connectivity index (χ0n) is 25.9. The average Bonchev–Trinajstić information content (AvgIpc) is 3.31. The Morgan fingerprint density at radius 3 is 2.41 bits per heavy atom. The van der Waals surface area contributed by atoms with E-state index in [9.17, 15) is 9.59 Å². The largest absolute Gasteiger partial charge is 0.338 e. The van der Waals surface area contributed by atoms with E-state index in [1.807, 2.05) is 59.2 Å². The van der Waals surface area contributed by atoms with Crippen molar-refractivity contribution < 1.29 is 9.59 Å². The molecule has 6 rings (SSSR count). The molecule has 1 aliphatic heterocycles. The quantitative estimate of drug-likeness (QED) is 0.217. The standard InChI is InChI=1S/C35H38N6O2S/c1-23-11-16-29-28(19-23)31-32(41(29)21-25-9-7-6-8-10-25)36-34(38-37-31)44-22-30(42)39-17-18-40(24(2)20-39)33(43)26-12-14-27(15-13-26)35(3,4)5/h6-16,19,24H,17-18,20-22H2,1-5H3. The summed E-state index contributed by atoms with van der Waals surface area (Å²) >= 11 is 1.30. The van der Waals surface area contributed by atoms with Gasteiger partial charge in [0, 0.05) is 43.2 Å². The van der Waals surface area contributed by atoms with Crippen molar-refractivity contribution in [3.63, 3.8) is 0 Å². The van der Waals surface area contributed by atoms with Crippen LogP contribution in [0.3, 0.4) is 0 Å². The van der Waals surface area contributed by atoms with Gasteiger partial charge in [-0.25, -0.2) is 4.98 Å². The topological polar surface area (TPSA) is 84.2 Å². The van der Waals surface area contributed by atoms with Gasteiger partial charge in [0.25, 0.3) is 5.91 Å². The predicted molar refractivity (Wildman–Crippen MR) is 176 cm³/mol. The molecule has 9 heteroatoms. The molecule has 0 spiro atoms. The van der Waals surface area contributed by atoms with Crippen LogP contribution in [0.2, 0.25) is 0 Å². The molecule has 3 heterocycles. The highest BCUT2D eigenvalue weighted by molar-refractivity contribution is 7.99. The maximum atomic E-state index is 13.3. The first-order valence-electron chi connectivity index (χ1n) is 15.1. The average molecular weight is 607 g/mol. The van der Waals surface area contributed by atoms with Crippen LogP contribution in [-0.2, 0) is 16.8 Å². The van der Waals surface area contributed by atoms with Crippen molar-refractivity contribution in [3.8, 4) is 0 Å². The number of hydrogen-bond acceptors (Lipinski definition) is 6. The predicted octanol–water partition coefficient (Wildman–Crippen LogP) is 6.10. The number of rotatable bonds is 6. The van der Waals surface area contributed by atoms with E-state index >= 15 is 0 Å². The van der Waals surface area contributed by atoms with Gasteiger partial charge < -0.3 is 14.4 Å². The van der Waals surface area contributed by atoms with Crippen molar-refractivity contribution in [2.45, 2.75) is 57.8 Å². The zero-order chi connectivity index (χ0) is 31.0. The van der Waals surface area contributed by atoms with Crippen LogP contribution in [0.5, 0.6) is 0 Å². The van der Waals surface area contributed by atoms with Gasteiger partial charge in [0.15, 0.2) is 5.65 Å². The molecule has 226 valence electrons. The molecule has 2 amide bonds. The van der Waals surface area contributed by atoms with Gasteiger partial charge >= 0.3 is 0 Å². The molecule has 1 fully saturated rings. The molecule has 1 atom stereocenters. The highest BCUT2D eigenvalue weighted by Gasteiger charge is 2.30. The minimum absolute atomic E-state index is 0.00706. The first kappa shape index (κ1) is 29.8. The van der Waals surface area contributed by atoms with Crippen molar-refractivity contribution in [3.05, 3.63) is 95.1 Å². The number of carbonyl (C=O) groups is 2. The first-order valence-corrected chi connectivity index (χ1v) is 16.1. The second kappa shape index (κ2) is 12.0. The lowest BCUT2D eigenvalue weighted by molar-refractivity contribution is -0.130. The number of piperazine rings is 1. The fourth-order valence-electron chi connectivity index (χ4n) is 5.82. The summed E-state index contributed by atoms with van der Waals surface area (Å²) in [5, 5.41) is 10.5. The van der Waals surface area contributed by atoms with E-state index in [1.165, 1.54) is 22.9 Å². The van der Waals surface area contributed by atoms with E-state index in [2.05, 4.69) is 72.8 Å². The summed E-state index contributed by atoms with van der Waals surface area (Å²) in [5.41, 5.74) is 6.81. The maximum absolute atomic E-state index is 13.3. The SMILES string of the molecule is Cc1ccc2c(c1)c1nnc(SCC(=O)N3CCN(C(=O)c4ccc(C(C)(C)C)cc4)C(C)C3)nc1n2Cc1ccccc1. The number of aryl methyl sites for hydroxylation is 1. The fraction of sp³-hybridized carbons (Fsp3) is 0.343. The van der Waals surface area contributed by atoms with E-state index in [4.69, 9.17) is 4.98 Å². The number of aromatic nitrogens is 4.